The first-order valence-electron chi connectivity index (χ1n) is 12.2. The Morgan fingerprint density at radius 1 is 1.19 bits per heavy atom. The topological polar surface area (TPSA) is 40.5 Å². The van der Waals surface area contributed by atoms with Crippen molar-refractivity contribution in [3.8, 4) is 0 Å². The molecule has 2 nitrogen and oxygen atoms in total. The summed E-state index contributed by atoms with van der Waals surface area (Å²) in [6.45, 7) is 11.1. The molecule has 1 unspecified atom stereocenters. The predicted octanol–water partition coefficient (Wildman–Crippen LogP) is 6.98. The molecule has 0 aromatic rings. The lowest BCUT2D eigenvalue weighted by Crippen LogP contribution is -2.43. The zero-order valence-corrected chi connectivity index (χ0v) is 19.9. The fourth-order valence-electron chi connectivity index (χ4n) is 6.53. The van der Waals surface area contributed by atoms with Gasteiger partial charge >= 0.3 is 0 Å². The second-order valence-electron chi connectivity index (χ2n) is 11.3. The van der Waals surface area contributed by atoms with E-state index in [-0.39, 0.29) is 23.9 Å². The zero-order valence-electron chi connectivity index (χ0n) is 19.9. The number of rotatable bonds is 6. The molecule has 0 aromatic carbocycles. The molecule has 176 valence electrons. The van der Waals surface area contributed by atoms with Gasteiger partial charge in [-0.2, -0.15) is 0 Å². The molecule has 3 aliphatic carbocycles. The molecule has 31 heavy (non-hydrogen) atoms. The van der Waals surface area contributed by atoms with Crippen LogP contribution in [0.2, 0.25) is 0 Å². The van der Waals surface area contributed by atoms with Crippen LogP contribution in [-0.4, -0.2) is 27.8 Å². The van der Waals surface area contributed by atoms with E-state index in [1.54, 1.807) is 0 Å². The first-order valence-corrected chi connectivity index (χ1v) is 12.2. The van der Waals surface area contributed by atoms with Crippen molar-refractivity contribution in [1.82, 2.24) is 0 Å². The highest BCUT2D eigenvalue weighted by atomic mass is 19.3. The van der Waals surface area contributed by atoms with Crippen LogP contribution in [0.3, 0.4) is 0 Å². The summed E-state index contributed by atoms with van der Waals surface area (Å²) in [6.07, 6.45) is 12.4. The Morgan fingerprint density at radius 2 is 1.90 bits per heavy atom. The van der Waals surface area contributed by atoms with Crippen molar-refractivity contribution < 1.29 is 19.0 Å². The van der Waals surface area contributed by atoms with Crippen molar-refractivity contribution in [2.75, 3.05) is 0 Å². The van der Waals surface area contributed by atoms with Crippen LogP contribution in [0.4, 0.5) is 8.78 Å². The third-order valence-corrected chi connectivity index (χ3v) is 8.72. The standard InChI is InChI=1S/C27H42F2O2/c1-18-8-11-22(30)17-21(18)10-9-20-7-6-15-26(5)23(12-13-24(20)26)19(2)14-16-27(28,29)25(3,4)31/h9-10,19,22-24,30-31H,1,6-8,11-17H2,2-5H3/b20-9+,21-10-/t19-,22-,23?,24+,26-/m1/s1. The van der Waals surface area contributed by atoms with Gasteiger partial charge in [-0.3, -0.25) is 0 Å². The Morgan fingerprint density at radius 3 is 2.58 bits per heavy atom. The third kappa shape index (κ3) is 5.16. The lowest BCUT2D eigenvalue weighted by atomic mass is 9.60. The summed E-state index contributed by atoms with van der Waals surface area (Å²) in [5, 5.41) is 19.8. The molecule has 0 spiro atoms. The molecule has 3 fully saturated rings. The predicted molar refractivity (Wildman–Crippen MR) is 123 cm³/mol. The number of allylic oxidation sites excluding steroid dienone is 4. The van der Waals surface area contributed by atoms with E-state index in [4.69, 9.17) is 0 Å². The molecule has 3 aliphatic rings. The molecule has 0 bridgehead atoms. The number of aliphatic hydroxyl groups is 2. The minimum atomic E-state index is -3.06. The van der Waals surface area contributed by atoms with E-state index in [2.05, 4.69) is 32.6 Å². The van der Waals surface area contributed by atoms with E-state index < -0.39 is 11.5 Å². The first-order chi connectivity index (χ1) is 14.3. The second kappa shape index (κ2) is 9.09. The van der Waals surface area contributed by atoms with Crippen LogP contribution in [-0.2, 0) is 0 Å². The minimum absolute atomic E-state index is 0.162. The Hall–Kier alpha value is -1.00. The van der Waals surface area contributed by atoms with E-state index in [1.165, 1.54) is 25.0 Å². The molecular weight excluding hydrogens is 394 g/mol. The van der Waals surface area contributed by atoms with Gasteiger partial charge in [-0.1, -0.05) is 43.7 Å². The monoisotopic (exact) mass is 436 g/mol. The van der Waals surface area contributed by atoms with Crippen molar-refractivity contribution in [2.45, 2.75) is 110 Å². The molecule has 2 N–H and O–H groups in total. The molecule has 0 heterocycles. The lowest BCUT2D eigenvalue weighted by Gasteiger charge is -2.44. The van der Waals surface area contributed by atoms with E-state index in [9.17, 15) is 19.0 Å². The van der Waals surface area contributed by atoms with Crippen molar-refractivity contribution in [3.05, 3.63) is 35.5 Å². The summed E-state index contributed by atoms with van der Waals surface area (Å²) in [6, 6.07) is 0. The zero-order chi connectivity index (χ0) is 23.0. The summed E-state index contributed by atoms with van der Waals surface area (Å²) in [5.74, 6) is -1.88. The van der Waals surface area contributed by atoms with Crippen molar-refractivity contribution in [1.29, 1.82) is 0 Å². The van der Waals surface area contributed by atoms with Gasteiger partial charge in [0.2, 0.25) is 0 Å². The van der Waals surface area contributed by atoms with Crippen LogP contribution in [0, 0.1) is 23.2 Å². The van der Waals surface area contributed by atoms with Gasteiger partial charge in [-0.05, 0) is 100 Å². The van der Waals surface area contributed by atoms with Crippen LogP contribution in [0.15, 0.2) is 35.5 Å². The van der Waals surface area contributed by atoms with Gasteiger partial charge in [0.15, 0.2) is 0 Å². The normalized spacial score (nSPS) is 36.1. The molecule has 5 atom stereocenters. The van der Waals surface area contributed by atoms with Gasteiger partial charge in [-0.15, -0.1) is 0 Å². The number of halogens is 2. The summed E-state index contributed by atoms with van der Waals surface area (Å²) >= 11 is 0. The van der Waals surface area contributed by atoms with Gasteiger partial charge in [0.25, 0.3) is 5.92 Å². The Balaban J connectivity index is 1.71. The Bertz CT molecular complexity index is 730. The molecule has 3 saturated carbocycles. The van der Waals surface area contributed by atoms with E-state index in [1.807, 2.05) is 0 Å². The van der Waals surface area contributed by atoms with Crippen molar-refractivity contribution in [3.63, 3.8) is 0 Å². The van der Waals surface area contributed by atoms with Crippen LogP contribution in [0.5, 0.6) is 0 Å². The highest BCUT2D eigenvalue weighted by Gasteiger charge is 2.51. The summed E-state index contributed by atoms with van der Waals surface area (Å²) < 4.78 is 28.6. The maximum atomic E-state index is 14.3. The van der Waals surface area contributed by atoms with Gasteiger partial charge in [0.05, 0.1) is 6.10 Å². The molecule has 3 rings (SSSR count). The van der Waals surface area contributed by atoms with Crippen LogP contribution in [0.1, 0.15) is 91.9 Å². The number of alkyl halides is 2. The summed E-state index contributed by atoms with van der Waals surface area (Å²) in [7, 11) is 0. The lowest BCUT2D eigenvalue weighted by molar-refractivity contribution is -0.168. The molecule has 0 aromatic heterocycles. The second-order valence-corrected chi connectivity index (χ2v) is 11.3. The molecule has 0 amide bonds. The van der Waals surface area contributed by atoms with Crippen molar-refractivity contribution >= 4 is 0 Å². The average molecular weight is 437 g/mol. The van der Waals surface area contributed by atoms with Gasteiger partial charge in [0.1, 0.15) is 5.60 Å². The van der Waals surface area contributed by atoms with E-state index >= 15 is 0 Å². The van der Waals surface area contributed by atoms with Gasteiger partial charge in [-0.25, -0.2) is 8.78 Å². The Kier molecular flexibility index (Phi) is 7.23. The molecule has 0 aliphatic heterocycles. The number of fused-ring (bicyclic) bond motifs is 1. The minimum Gasteiger partial charge on any atom is -0.393 e. The maximum Gasteiger partial charge on any atom is 0.275 e. The molecular formula is C27H42F2O2. The summed E-state index contributed by atoms with van der Waals surface area (Å²) in [4.78, 5) is 0. The largest absolute Gasteiger partial charge is 0.393 e. The smallest absolute Gasteiger partial charge is 0.275 e. The molecule has 0 saturated heterocycles. The molecule has 0 radical (unpaired) electrons. The number of aliphatic hydroxyl groups excluding tert-OH is 1. The molecule has 4 heteroatoms. The van der Waals surface area contributed by atoms with Crippen LogP contribution >= 0.6 is 0 Å². The van der Waals surface area contributed by atoms with Crippen LogP contribution in [0.25, 0.3) is 0 Å². The van der Waals surface area contributed by atoms with E-state index in [0.717, 1.165) is 50.5 Å². The average Bonchev–Trinajstić information content (AvgIpc) is 3.03. The highest BCUT2D eigenvalue weighted by Crippen LogP contribution is 2.60. The van der Waals surface area contributed by atoms with E-state index in [0.29, 0.717) is 24.7 Å². The summed E-state index contributed by atoms with van der Waals surface area (Å²) in [5.41, 5.74) is 2.00. The Labute approximate surface area is 187 Å². The number of hydrogen-bond acceptors (Lipinski definition) is 2. The number of hydrogen-bond donors (Lipinski definition) is 2. The third-order valence-electron chi connectivity index (χ3n) is 8.72. The fraction of sp³-hybridized carbons (Fsp3) is 0.778. The van der Waals surface area contributed by atoms with Crippen molar-refractivity contribution in [2.24, 2.45) is 23.2 Å². The van der Waals surface area contributed by atoms with Gasteiger partial charge in [0, 0.05) is 6.42 Å². The first kappa shape index (κ1) is 24.6. The SMILES string of the molecule is C=C1CC[C@@H](O)C/C1=C/C=C1\CCC[C@]2(C)C([C@H](C)CCC(F)(F)C(C)(C)O)CC[C@@H]12. The van der Waals surface area contributed by atoms with Gasteiger partial charge < -0.3 is 10.2 Å². The highest BCUT2D eigenvalue weighted by molar-refractivity contribution is 5.36. The maximum absolute atomic E-state index is 14.3. The van der Waals surface area contributed by atoms with Crippen LogP contribution < -0.4 is 0 Å². The fourth-order valence-corrected chi connectivity index (χ4v) is 6.53. The quantitative estimate of drug-likeness (QED) is 0.471.